The highest BCUT2D eigenvalue weighted by atomic mass is 19.1. The lowest BCUT2D eigenvalue weighted by molar-refractivity contribution is -0.124. The highest BCUT2D eigenvalue weighted by Crippen LogP contribution is 2.21. The topological polar surface area (TPSA) is 52.6 Å². The molecule has 23 heavy (non-hydrogen) atoms. The molecule has 1 amide bonds. The maximum absolute atomic E-state index is 13.2. The smallest absolute Gasteiger partial charge is 0.223 e. The van der Waals surface area contributed by atoms with E-state index in [1.165, 1.54) is 18.2 Å². The van der Waals surface area contributed by atoms with E-state index in [9.17, 15) is 14.3 Å². The first kappa shape index (κ1) is 17.9. The summed E-state index contributed by atoms with van der Waals surface area (Å²) in [6, 6.07) is 5.90. The first-order valence-electron chi connectivity index (χ1n) is 8.23. The molecular formula is C18H27FN2O2. The summed E-state index contributed by atoms with van der Waals surface area (Å²) in [5.74, 6) is -0.590. The minimum atomic E-state index is -0.972. The molecule has 1 unspecified atom stereocenters. The van der Waals surface area contributed by atoms with Crippen LogP contribution in [0.25, 0.3) is 0 Å². The van der Waals surface area contributed by atoms with Crippen LogP contribution in [0.15, 0.2) is 24.3 Å². The summed E-state index contributed by atoms with van der Waals surface area (Å²) in [7, 11) is 0. The summed E-state index contributed by atoms with van der Waals surface area (Å²) in [6.07, 6.45) is 0.821. The van der Waals surface area contributed by atoms with Crippen LogP contribution in [0.3, 0.4) is 0 Å². The molecule has 1 aliphatic rings. The number of piperidine rings is 1. The predicted molar refractivity (Wildman–Crippen MR) is 88.5 cm³/mol. The van der Waals surface area contributed by atoms with Crippen LogP contribution in [0.2, 0.25) is 0 Å². The van der Waals surface area contributed by atoms with Crippen molar-refractivity contribution in [2.75, 3.05) is 13.1 Å². The van der Waals surface area contributed by atoms with E-state index in [1.807, 2.05) is 0 Å². The molecule has 1 heterocycles. The van der Waals surface area contributed by atoms with Gasteiger partial charge in [0.05, 0.1) is 12.5 Å². The summed E-state index contributed by atoms with van der Waals surface area (Å²) in [5.41, 5.74) is 0.588. The van der Waals surface area contributed by atoms with Crippen molar-refractivity contribution in [3.8, 4) is 0 Å². The lowest BCUT2D eigenvalue weighted by atomic mass is 9.97. The van der Waals surface area contributed by atoms with Crippen LogP contribution in [0.5, 0.6) is 0 Å². The van der Waals surface area contributed by atoms with Gasteiger partial charge in [0, 0.05) is 24.7 Å². The highest BCUT2D eigenvalue weighted by Gasteiger charge is 2.27. The van der Waals surface area contributed by atoms with Gasteiger partial charge in [0.2, 0.25) is 5.91 Å². The van der Waals surface area contributed by atoms with E-state index in [2.05, 4.69) is 31.0 Å². The lowest BCUT2D eigenvalue weighted by Crippen LogP contribution is -2.50. The summed E-state index contributed by atoms with van der Waals surface area (Å²) in [6.45, 7) is 8.51. The van der Waals surface area contributed by atoms with Crippen LogP contribution in [0.4, 0.5) is 4.39 Å². The summed E-state index contributed by atoms with van der Waals surface area (Å²) in [4.78, 5) is 14.5. The first-order chi connectivity index (χ1) is 10.8. The van der Waals surface area contributed by atoms with E-state index in [1.54, 1.807) is 6.07 Å². The molecule has 0 aliphatic carbocycles. The quantitative estimate of drug-likeness (QED) is 0.896. The van der Waals surface area contributed by atoms with Crippen LogP contribution >= 0.6 is 0 Å². The molecule has 1 aromatic rings. The third-order valence-electron chi connectivity index (χ3n) is 4.42. The zero-order chi connectivity index (χ0) is 17.0. The fourth-order valence-electron chi connectivity index (χ4n) is 2.99. The first-order valence-corrected chi connectivity index (χ1v) is 8.23. The molecule has 0 aromatic heterocycles. The Kier molecular flexibility index (Phi) is 5.76. The Labute approximate surface area is 137 Å². The van der Waals surface area contributed by atoms with E-state index in [-0.39, 0.29) is 23.9 Å². The Morgan fingerprint density at radius 1 is 1.39 bits per heavy atom. The zero-order valence-corrected chi connectivity index (χ0v) is 14.2. The van der Waals surface area contributed by atoms with Gasteiger partial charge in [-0.1, -0.05) is 12.1 Å². The zero-order valence-electron chi connectivity index (χ0n) is 14.2. The molecule has 128 valence electrons. The number of carbonyl (C=O) groups is 1. The van der Waals surface area contributed by atoms with Gasteiger partial charge in [0.25, 0.3) is 0 Å². The predicted octanol–water partition coefficient (Wildman–Crippen LogP) is 2.63. The van der Waals surface area contributed by atoms with Crippen molar-refractivity contribution in [3.63, 3.8) is 0 Å². The second-order valence-electron chi connectivity index (χ2n) is 7.27. The van der Waals surface area contributed by atoms with Crippen LogP contribution in [-0.2, 0) is 4.79 Å². The number of carbonyl (C=O) groups excluding carboxylic acids is 1. The van der Waals surface area contributed by atoms with E-state index in [0.717, 1.165) is 25.9 Å². The van der Waals surface area contributed by atoms with Gasteiger partial charge >= 0.3 is 0 Å². The maximum atomic E-state index is 13.2. The number of aliphatic hydroxyl groups excluding tert-OH is 1. The Bertz CT molecular complexity index is 534. The number of hydrogen-bond acceptors (Lipinski definition) is 3. The summed E-state index contributed by atoms with van der Waals surface area (Å²) < 4.78 is 13.2. The average Bonchev–Trinajstić information content (AvgIpc) is 2.46. The highest BCUT2D eigenvalue weighted by molar-refractivity contribution is 5.77. The number of aliphatic hydroxyl groups is 1. The Morgan fingerprint density at radius 2 is 2.04 bits per heavy atom. The summed E-state index contributed by atoms with van der Waals surface area (Å²) in [5, 5.41) is 13.0. The lowest BCUT2D eigenvalue weighted by Gasteiger charge is -2.41. The van der Waals surface area contributed by atoms with Crippen LogP contribution < -0.4 is 5.32 Å². The number of hydrogen-bond donors (Lipinski definition) is 2. The van der Waals surface area contributed by atoms with E-state index in [4.69, 9.17) is 0 Å². The van der Waals surface area contributed by atoms with Gasteiger partial charge in [-0.15, -0.1) is 0 Å². The Balaban J connectivity index is 1.79. The molecule has 1 saturated heterocycles. The molecule has 0 bridgehead atoms. The molecule has 0 saturated carbocycles. The maximum Gasteiger partial charge on any atom is 0.223 e. The standard InChI is InChI=1S/C18H27FN2O2/c1-18(2,3)21-9-7-15(8-10-21)20-17(23)12-16(22)13-5-4-6-14(19)11-13/h4-6,11,15-16,22H,7-10,12H2,1-3H3,(H,20,23). The minimum Gasteiger partial charge on any atom is -0.388 e. The number of nitrogens with zero attached hydrogens (tertiary/aromatic N) is 1. The number of amides is 1. The third kappa shape index (κ3) is 5.29. The molecule has 1 fully saturated rings. The molecule has 1 aliphatic heterocycles. The molecule has 0 spiro atoms. The number of halogens is 1. The Hall–Kier alpha value is -1.46. The van der Waals surface area contributed by atoms with Crippen molar-refractivity contribution in [2.45, 2.75) is 57.7 Å². The van der Waals surface area contributed by atoms with Gasteiger partial charge in [-0.2, -0.15) is 0 Å². The number of benzene rings is 1. The monoisotopic (exact) mass is 322 g/mol. The van der Waals surface area contributed by atoms with Gasteiger partial charge < -0.3 is 10.4 Å². The molecule has 0 radical (unpaired) electrons. The fraction of sp³-hybridized carbons (Fsp3) is 0.611. The van der Waals surface area contributed by atoms with Crippen LogP contribution in [0, 0.1) is 5.82 Å². The van der Waals surface area contributed by atoms with Gasteiger partial charge in [0.15, 0.2) is 0 Å². The van der Waals surface area contributed by atoms with Crippen molar-refractivity contribution in [1.82, 2.24) is 10.2 Å². The molecular weight excluding hydrogens is 295 g/mol. The Morgan fingerprint density at radius 3 is 2.61 bits per heavy atom. The second-order valence-corrected chi connectivity index (χ2v) is 7.27. The SMILES string of the molecule is CC(C)(C)N1CCC(NC(=O)CC(O)c2cccc(F)c2)CC1. The summed E-state index contributed by atoms with van der Waals surface area (Å²) >= 11 is 0. The fourth-order valence-corrected chi connectivity index (χ4v) is 2.99. The minimum absolute atomic E-state index is 0.0388. The molecule has 2 rings (SSSR count). The molecule has 5 heteroatoms. The van der Waals surface area contributed by atoms with E-state index < -0.39 is 11.9 Å². The number of likely N-dealkylation sites (tertiary alicyclic amines) is 1. The normalized spacial score (nSPS) is 18.7. The molecule has 1 atom stereocenters. The van der Waals surface area contributed by atoms with E-state index in [0.29, 0.717) is 5.56 Å². The van der Waals surface area contributed by atoms with Crippen molar-refractivity contribution >= 4 is 5.91 Å². The van der Waals surface area contributed by atoms with Crippen molar-refractivity contribution < 1.29 is 14.3 Å². The molecule has 1 aromatic carbocycles. The van der Waals surface area contributed by atoms with Crippen LogP contribution in [-0.4, -0.2) is 40.6 Å². The van der Waals surface area contributed by atoms with Crippen molar-refractivity contribution in [3.05, 3.63) is 35.6 Å². The largest absolute Gasteiger partial charge is 0.388 e. The van der Waals surface area contributed by atoms with Gasteiger partial charge in [0.1, 0.15) is 5.82 Å². The molecule has 2 N–H and O–H groups in total. The third-order valence-corrected chi connectivity index (χ3v) is 4.42. The van der Waals surface area contributed by atoms with Gasteiger partial charge in [-0.25, -0.2) is 4.39 Å². The second kappa shape index (κ2) is 7.41. The van der Waals surface area contributed by atoms with Gasteiger partial charge in [-0.3, -0.25) is 9.69 Å². The van der Waals surface area contributed by atoms with Crippen LogP contribution in [0.1, 0.15) is 51.7 Å². The number of nitrogens with one attached hydrogen (secondary N) is 1. The molecule has 4 nitrogen and oxygen atoms in total. The van der Waals surface area contributed by atoms with Crippen molar-refractivity contribution in [1.29, 1.82) is 0 Å². The van der Waals surface area contributed by atoms with Gasteiger partial charge in [-0.05, 0) is 51.3 Å². The number of rotatable bonds is 4. The van der Waals surface area contributed by atoms with E-state index >= 15 is 0 Å². The average molecular weight is 322 g/mol. The van der Waals surface area contributed by atoms with Crippen molar-refractivity contribution in [2.24, 2.45) is 0 Å².